The first-order chi connectivity index (χ1) is 16.5. The topological polar surface area (TPSA) is 98.2 Å². The third kappa shape index (κ3) is 11.9. The van der Waals surface area contributed by atoms with Crippen LogP contribution in [-0.2, 0) is 14.4 Å². The van der Waals surface area contributed by atoms with Crippen molar-refractivity contribution in [1.82, 2.24) is 9.80 Å². The molecule has 7 heteroatoms. The van der Waals surface area contributed by atoms with Gasteiger partial charge in [0.25, 0.3) is 0 Å². The molecule has 0 aromatic heterocycles. The summed E-state index contributed by atoms with van der Waals surface area (Å²) in [6.07, 6.45) is 20.9. The molecule has 2 aliphatic carbocycles. The Morgan fingerprint density at radius 3 is 1.57 bits per heavy atom. The molecule has 0 fully saturated rings. The monoisotopic (exact) mass is 492 g/mol. The van der Waals surface area contributed by atoms with E-state index in [-0.39, 0.29) is 35.7 Å². The summed E-state index contributed by atoms with van der Waals surface area (Å²) in [5.74, 6) is -0.429. The highest BCUT2D eigenvalue weighted by atomic mass is 16.4. The van der Waals surface area contributed by atoms with E-state index in [2.05, 4.69) is 24.3 Å². The van der Waals surface area contributed by atoms with E-state index in [0.717, 1.165) is 57.8 Å². The van der Waals surface area contributed by atoms with Crippen molar-refractivity contribution in [2.45, 2.75) is 89.9 Å². The van der Waals surface area contributed by atoms with E-state index in [0.29, 0.717) is 19.3 Å². The molecule has 2 rings (SSSR count). The number of hydrogen-bond donors (Lipinski definition) is 2. The second-order valence-corrected chi connectivity index (χ2v) is 10.7. The molecule has 2 atom stereocenters. The zero-order valence-electron chi connectivity index (χ0n) is 22.4. The minimum atomic E-state index is -0.760. The molecule has 0 saturated carbocycles. The lowest BCUT2D eigenvalue weighted by Crippen LogP contribution is -2.31. The summed E-state index contributed by atoms with van der Waals surface area (Å²) in [5.41, 5.74) is -0.0656. The maximum absolute atomic E-state index is 11.9. The van der Waals surface area contributed by atoms with Crippen LogP contribution in [0.5, 0.6) is 0 Å². The van der Waals surface area contributed by atoms with Crippen LogP contribution in [0.4, 0.5) is 0 Å². The molecule has 7 nitrogen and oxygen atoms in total. The minimum Gasteiger partial charge on any atom is -0.481 e. The number of carboxylic acids is 1. The molecule has 2 amide bonds. The molecule has 0 aliphatic heterocycles. The SMILES string of the molecule is CN(C)C(=O)C[C@]1(CCCC(=O)O)C=CCCC1.CN(C)C(=O)C[C@]1(CCCCO)C=CCCC1. The number of carbonyl (C=O) groups is 3. The Hall–Kier alpha value is -2.15. The van der Waals surface area contributed by atoms with Gasteiger partial charge < -0.3 is 20.0 Å². The van der Waals surface area contributed by atoms with Crippen LogP contribution in [0.2, 0.25) is 0 Å². The number of aliphatic carboxylic acids is 1. The van der Waals surface area contributed by atoms with Crippen molar-refractivity contribution in [1.29, 1.82) is 0 Å². The maximum atomic E-state index is 11.9. The molecule has 0 heterocycles. The standard InChI is InChI=1S/C14H23NO3.C14H25NO2/c1-15(2)12(16)11-14(8-4-3-5-9-14)10-6-7-13(17)18;1-15(2)13(17)12-14(10-6-7-11-16)8-4-3-5-9-14/h4,8H,3,5-7,9-11H2,1-2H3,(H,17,18);4,8,16H,3,5-7,9-12H2,1-2H3/t2*14-/m11/s1. The summed E-state index contributed by atoms with van der Waals surface area (Å²) < 4.78 is 0. The van der Waals surface area contributed by atoms with Gasteiger partial charge in [-0.25, -0.2) is 0 Å². The van der Waals surface area contributed by atoms with Gasteiger partial charge in [-0.1, -0.05) is 30.7 Å². The zero-order chi connectivity index (χ0) is 26.3. The normalized spacial score (nSPS) is 23.2. The van der Waals surface area contributed by atoms with Gasteiger partial charge >= 0.3 is 5.97 Å². The molecule has 200 valence electrons. The van der Waals surface area contributed by atoms with E-state index in [1.807, 2.05) is 14.1 Å². The summed E-state index contributed by atoms with van der Waals surface area (Å²) in [6, 6.07) is 0. The summed E-state index contributed by atoms with van der Waals surface area (Å²) in [6.45, 7) is 0.251. The molecule has 0 aromatic rings. The van der Waals surface area contributed by atoms with Crippen molar-refractivity contribution < 1.29 is 24.6 Å². The Labute approximate surface area is 212 Å². The summed E-state index contributed by atoms with van der Waals surface area (Å²) in [7, 11) is 7.16. The van der Waals surface area contributed by atoms with E-state index < -0.39 is 5.97 Å². The highest BCUT2D eigenvalue weighted by molar-refractivity contribution is 5.77. The Balaban J connectivity index is 0.000000351. The van der Waals surface area contributed by atoms with Crippen LogP contribution >= 0.6 is 0 Å². The third-order valence-electron chi connectivity index (χ3n) is 7.19. The Morgan fingerprint density at radius 1 is 0.771 bits per heavy atom. The van der Waals surface area contributed by atoms with Crippen LogP contribution in [0.25, 0.3) is 0 Å². The van der Waals surface area contributed by atoms with Crippen molar-refractivity contribution in [2.75, 3.05) is 34.8 Å². The predicted molar refractivity (Wildman–Crippen MR) is 140 cm³/mol. The third-order valence-corrected chi connectivity index (χ3v) is 7.19. The molecule has 0 unspecified atom stereocenters. The fourth-order valence-electron chi connectivity index (χ4n) is 4.96. The van der Waals surface area contributed by atoms with Gasteiger partial charge in [-0.05, 0) is 75.0 Å². The van der Waals surface area contributed by atoms with E-state index in [1.165, 1.54) is 6.42 Å². The number of allylic oxidation sites excluding steroid dienone is 4. The molecule has 0 bridgehead atoms. The molecule has 0 aromatic carbocycles. The Kier molecular flexibility index (Phi) is 13.9. The number of carboxylic acid groups (broad SMARTS) is 1. The second-order valence-electron chi connectivity index (χ2n) is 10.7. The molecular formula is C28H48N2O5. The predicted octanol–water partition coefficient (Wildman–Crippen LogP) is 4.80. The molecule has 2 aliphatic rings. The number of unbranched alkanes of at least 4 members (excludes halogenated alkanes) is 1. The molecular weight excluding hydrogens is 444 g/mol. The number of carbonyl (C=O) groups excluding carboxylic acids is 2. The smallest absolute Gasteiger partial charge is 0.303 e. The first kappa shape index (κ1) is 30.9. The quantitative estimate of drug-likeness (QED) is 0.301. The largest absolute Gasteiger partial charge is 0.481 e. The fourth-order valence-corrected chi connectivity index (χ4v) is 4.96. The van der Waals surface area contributed by atoms with Crippen molar-refractivity contribution in [3.8, 4) is 0 Å². The fraction of sp³-hybridized carbons (Fsp3) is 0.750. The van der Waals surface area contributed by atoms with E-state index in [4.69, 9.17) is 10.2 Å². The van der Waals surface area contributed by atoms with Crippen LogP contribution in [0.15, 0.2) is 24.3 Å². The molecule has 2 N–H and O–H groups in total. The molecule has 0 radical (unpaired) electrons. The van der Waals surface area contributed by atoms with Gasteiger partial charge in [0, 0.05) is 54.1 Å². The van der Waals surface area contributed by atoms with Gasteiger partial charge in [-0.3, -0.25) is 14.4 Å². The lowest BCUT2D eigenvalue weighted by atomic mass is 9.72. The molecule has 0 spiro atoms. The maximum Gasteiger partial charge on any atom is 0.303 e. The second kappa shape index (κ2) is 15.8. The van der Waals surface area contributed by atoms with Crippen molar-refractivity contribution in [3.05, 3.63) is 24.3 Å². The number of hydrogen-bond acceptors (Lipinski definition) is 4. The number of nitrogens with zero attached hydrogens (tertiary/aromatic N) is 2. The van der Waals surface area contributed by atoms with Gasteiger partial charge in [0.1, 0.15) is 0 Å². The van der Waals surface area contributed by atoms with Gasteiger partial charge in [0.15, 0.2) is 0 Å². The van der Waals surface area contributed by atoms with E-state index >= 15 is 0 Å². The van der Waals surface area contributed by atoms with Crippen molar-refractivity contribution in [2.24, 2.45) is 10.8 Å². The average Bonchev–Trinajstić information content (AvgIpc) is 2.80. The summed E-state index contributed by atoms with van der Waals surface area (Å²) >= 11 is 0. The van der Waals surface area contributed by atoms with Gasteiger partial charge in [0.05, 0.1) is 0 Å². The van der Waals surface area contributed by atoms with Crippen molar-refractivity contribution in [3.63, 3.8) is 0 Å². The van der Waals surface area contributed by atoms with Gasteiger partial charge in [0.2, 0.25) is 11.8 Å². The highest BCUT2D eigenvalue weighted by Gasteiger charge is 2.32. The number of aliphatic hydroxyl groups is 1. The first-order valence-corrected chi connectivity index (χ1v) is 13.1. The van der Waals surface area contributed by atoms with Crippen LogP contribution in [0.1, 0.15) is 89.9 Å². The number of amides is 2. The Morgan fingerprint density at radius 2 is 1.23 bits per heavy atom. The molecule has 0 saturated heterocycles. The van der Waals surface area contributed by atoms with Crippen LogP contribution in [0.3, 0.4) is 0 Å². The zero-order valence-corrected chi connectivity index (χ0v) is 22.4. The van der Waals surface area contributed by atoms with Crippen LogP contribution in [-0.4, -0.2) is 72.6 Å². The van der Waals surface area contributed by atoms with Gasteiger partial charge in [-0.2, -0.15) is 0 Å². The lowest BCUT2D eigenvalue weighted by molar-refractivity contribution is -0.137. The van der Waals surface area contributed by atoms with E-state index in [1.54, 1.807) is 23.9 Å². The molecule has 35 heavy (non-hydrogen) atoms. The minimum absolute atomic E-state index is 0.0504. The van der Waals surface area contributed by atoms with Crippen LogP contribution < -0.4 is 0 Å². The number of rotatable bonds is 12. The van der Waals surface area contributed by atoms with Crippen molar-refractivity contribution >= 4 is 17.8 Å². The number of aliphatic hydroxyl groups excluding tert-OH is 1. The summed E-state index contributed by atoms with van der Waals surface area (Å²) in [4.78, 5) is 37.7. The summed E-state index contributed by atoms with van der Waals surface area (Å²) in [5, 5.41) is 17.6. The van der Waals surface area contributed by atoms with Gasteiger partial charge in [-0.15, -0.1) is 0 Å². The van der Waals surface area contributed by atoms with E-state index in [9.17, 15) is 14.4 Å². The first-order valence-electron chi connectivity index (χ1n) is 13.1. The average molecular weight is 493 g/mol. The Bertz CT molecular complexity index is 731. The van der Waals surface area contributed by atoms with Crippen LogP contribution in [0, 0.1) is 10.8 Å². The lowest BCUT2D eigenvalue weighted by Gasteiger charge is -2.33. The highest BCUT2D eigenvalue weighted by Crippen LogP contribution is 2.40.